The standard InChI is InChI=1S/C13H14ClN3O3S/c1-16-11(19)13(15-12(16)20)3-5-17(6-4-13)10(18)9-8(14)2-7-21-9/h2,7H,3-6H2,1H3,(H,15,20). The van der Waals surface area contributed by atoms with Gasteiger partial charge in [-0.1, -0.05) is 11.6 Å². The van der Waals surface area contributed by atoms with Crippen molar-refractivity contribution in [3.8, 4) is 0 Å². The van der Waals surface area contributed by atoms with Gasteiger partial charge in [-0.3, -0.25) is 14.5 Å². The normalized spacial score (nSPS) is 21.0. The van der Waals surface area contributed by atoms with Crippen LogP contribution in [0.2, 0.25) is 5.02 Å². The van der Waals surface area contributed by atoms with Crippen LogP contribution in [0.25, 0.3) is 0 Å². The van der Waals surface area contributed by atoms with Gasteiger partial charge in [0.15, 0.2) is 0 Å². The molecule has 112 valence electrons. The summed E-state index contributed by atoms with van der Waals surface area (Å²) in [4.78, 5) is 39.4. The highest BCUT2D eigenvalue weighted by Gasteiger charge is 2.51. The number of carbonyl (C=O) groups excluding carboxylic acids is 3. The Hall–Kier alpha value is -1.60. The van der Waals surface area contributed by atoms with E-state index in [1.165, 1.54) is 18.4 Å². The van der Waals surface area contributed by atoms with Gasteiger partial charge in [0.2, 0.25) is 0 Å². The lowest BCUT2D eigenvalue weighted by Gasteiger charge is -2.37. The number of likely N-dealkylation sites (N-methyl/N-ethyl adjacent to an activating group) is 1. The van der Waals surface area contributed by atoms with Gasteiger partial charge < -0.3 is 10.2 Å². The average Bonchev–Trinajstić information content (AvgIpc) is 2.98. The zero-order valence-corrected chi connectivity index (χ0v) is 13.0. The number of nitrogens with zero attached hydrogens (tertiary/aromatic N) is 2. The highest BCUT2D eigenvalue weighted by Crippen LogP contribution is 2.31. The predicted molar refractivity (Wildman–Crippen MR) is 78.5 cm³/mol. The lowest BCUT2D eigenvalue weighted by Crippen LogP contribution is -2.55. The summed E-state index contributed by atoms with van der Waals surface area (Å²) in [5.41, 5.74) is -0.845. The van der Waals surface area contributed by atoms with Crippen molar-refractivity contribution in [2.45, 2.75) is 18.4 Å². The number of hydrogen-bond donors (Lipinski definition) is 1. The van der Waals surface area contributed by atoms with Gasteiger partial charge in [-0.05, 0) is 24.3 Å². The van der Waals surface area contributed by atoms with E-state index in [9.17, 15) is 14.4 Å². The first-order valence-electron chi connectivity index (χ1n) is 6.57. The molecule has 2 aliphatic heterocycles. The Labute approximate surface area is 130 Å². The first-order valence-corrected chi connectivity index (χ1v) is 7.83. The molecule has 1 spiro atoms. The zero-order valence-electron chi connectivity index (χ0n) is 11.4. The smallest absolute Gasteiger partial charge is 0.324 e. The Morgan fingerprint density at radius 1 is 1.38 bits per heavy atom. The third-order valence-electron chi connectivity index (χ3n) is 4.08. The maximum Gasteiger partial charge on any atom is 0.324 e. The molecule has 3 heterocycles. The lowest BCUT2D eigenvalue weighted by atomic mass is 9.87. The van der Waals surface area contributed by atoms with Crippen molar-refractivity contribution < 1.29 is 14.4 Å². The molecule has 2 fully saturated rings. The highest BCUT2D eigenvalue weighted by atomic mass is 35.5. The van der Waals surface area contributed by atoms with E-state index in [1.807, 2.05) is 0 Å². The van der Waals surface area contributed by atoms with Crippen LogP contribution < -0.4 is 5.32 Å². The summed E-state index contributed by atoms with van der Waals surface area (Å²) in [6, 6.07) is 1.32. The SMILES string of the molecule is CN1C(=O)NC2(CCN(C(=O)c3sccc3Cl)CC2)C1=O. The van der Waals surface area contributed by atoms with Crippen molar-refractivity contribution in [3.63, 3.8) is 0 Å². The molecule has 2 saturated heterocycles. The van der Waals surface area contributed by atoms with Crippen LogP contribution in [0.15, 0.2) is 11.4 Å². The van der Waals surface area contributed by atoms with Crippen molar-refractivity contribution in [1.82, 2.24) is 15.1 Å². The van der Waals surface area contributed by atoms with Crippen LogP contribution in [-0.4, -0.2) is 53.3 Å². The Morgan fingerprint density at radius 2 is 2.05 bits per heavy atom. The van der Waals surface area contributed by atoms with Crippen molar-refractivity contribution in [2.75, 3.05) is 20.1 Å². The minimum absolute atomic E-state index is 0.116. The quantitative estimate of drug-likeness (QED) is 0.796. The minimum atomic E-state index is -0.845. The molecule has 0 atom stereocenters. The molecule has 4 amide bonds. The van der Waals surface area contributed by atoms with E-state index >= 15 is 0 Å². The number of urea groups is 1. The Morgan fingerprint density at radius 3 is 2.52 bits per heavy atom. The fourth-order valence-electron chi connectivity index (χ4n) is 2.78. The molecule has 0 aromatic carbocycles. The van der Waals surface area contributed by atoms with Gasteiger partial charge in [-0.15, -0.1) is 11.3 Å². The number of nitrogens with one attached hydrogen (secondary N) is 1. The van der Waals surface area contributed by atoms with Crippen molar-refractivity contribution in [1.29, 1.82) is 0 Å². The molecule has 8 heteroatoms. The summed E-state index contributed by atoms with van der Waals surface area (Å²) < 4.78 is 0. The van der Waals surface area contributed by atoms with Gasteiger partial charge in [0.25, 0.3) is 11.8 Å². The van der Waals surface area contributed by atoms with Gasteiger partial charge in [-0.25, -0.2) is 4.79 Å². The van der Waals surface area contributed by atoms with E-state index in [1.54, 1.807) is 16.3 Å². The average molecular weight is 328 g/mol. The zero-order chi connectivity index (χ0) is 15.2. The fraction of sp³-hybridized carbons (Fsp3) is 0.462. The molecule has 0 saturated carbocycles. The number of amides is 4. The molecule has 1 aromatic heterocycles. The number of hydrogen-bond acceptors (Lipinski definition) is 4. The van der Waals surface area contributed by atoms with Gasteiger partial charge in [0, 0.05) is 20.1 Å². The van der Waals surface area contributed by atoms with Crippen LogP contribution in [0, 0.1) is 0 Å². The third kappa shape index (κ3) is 2.20. The number of piperidine rings is 1. The van der Waals surface area contributed by atoms with Gasteiger partial charge in [-0.2, -0.15) is 0 Å². The van der Waals surface area contributed by atoms with Crippen LogP contribution in [0.5, 0.6) is 0 Å². The van der Waals surface area contributed by atoms with Crippen LogP contribution in [0.1, 0.15) is 22.5 Å². The second kappa shape index (κ2) is 4.99. The number of imide groups is 1. The molecule has 2 aliphatic rings. The monoisotopic (exact) mass is 327 g/mol. The molecule has 3 rings (SSSR count). The van der Waals surface area contributed by atoms with E-state index in [4.69, 9.17) is 11.6 Å². The van der Waals surface area contributed by atoms with Crippen LogP contribution in [0.3, 0.4) is 0 Å². The first-order chi connectivity index (χ1) is 9.94. The van der Waals surface area contributed by atoms with Gasteiger partial charge >= 0.3 is 6.03 Å². The predicted octanol–water partition coefficient (Wildman–Crippen LogP) is 1.56. The fourth-order valence-corrected chi connectivity index (χ4v) is 3.88. The van der Waals surface area contributed by atoms with E-state index < -0.39 is 5.54 Å². The minimum Gasteiger partial charge on any atom is -0.338 e. The van der Waals surface area contributed by atoms with Crippen LogP contribution in [-0.2, 0) is 4.79 Å². The van der Waals surface area contributed by atoms with Crippen molar-refractivity contribution in [2.24, 2.45) is 0 Å². The van der Waals surface area contributed by atoms with Crippen LogP contribution >= 0.6 is 22.9 Å². The Kier molecular flexibility index (Phi) is 3.41. The number of likely N-dealkylation sites (tertiary alicyclic amines) is 1. The molecule has 1 aromatic rings. The van der Waals surface area contributed by atoms with E-state index in [0.29, 0.717) is 35.8 Å². The topological polar surface area (TPSA) is 69.7 Å². The van der Waals surface area contributed by atoms with E-state index in [2.05, 4.69) is 5.32 Å². The number of thiophene rings is 1. The Balaban J connectivity index is 1.71. The van der Waals surface area contributed by atoms with E-state index in [0.717, 1.165) is 4.90 Å². The lowest BCUT2D eigenvalue weighted by molar-refractivity contribution is -0.131. The second-order valence-corrected chi connectivity index (χ2v) is 6.59. The summed E-state index contributed by atoms with van der Waals surface area (Å²) in [7, 11) is 1.47. The second-order valence-electron chi connectivity index (χ2n) is 5.27. The first kappa shape index (κ1) is 14.3. The maximum absolute atomic E-state index is 12.4. The molecule has 0 radical (unpaired) electrons. The molecular formula is C13H14ClN3O3S. The molecule has 6 nitrogen and oxygen atoms in total. The summed E-state index contributed by atoms with van der Waals surface area (Å²) in [5, 5.41) is 4.98. The van der Waals surface area contributed by atoms with Crippen molar-refractivity contribution in [3.05, 3.63) is 21.3 Å². The summed E-state index contributed by atoms with van der Waals surface area (Å²) in [5.74, 6) is -0.330. The summed E-state index contributed by atoms with van der Waals surface area (Å²) in [6.07, 6.45) is 0.854. The summed E-state index contributed by atoms with van der Waals surface area (Å²) >= 11 is 7.29. The highest BCUT2D eigenvalue weighted by molar-refractivity contribution is 7.12. The van der Waals surface area contributed by atoms with Gasteiger partial charge in [0.05, 0.1) is 5.02 Å². The molecule has 0 unspecified atom stereocenters. The van der Waals surface area contributed by atoms with E-state index in [-0.39, 0.29) is 17.8 Å². The van der Waals surface area contributed by atoms with Crippen molar-refractivity contribution >= 4 is 40.8 Å². The molecule has 0 aliphatic carbocycles. The third-order valence-corrected chi connectivity index (χ3v) is 5.41. The number of carbonyl (C=O) groups is 3. The largest absolute Gasteiger partial charge is 0.338 e. The molecule has 1 N–H and O–H groups in total. The maximum atomic E-state index is 12.4. The number of rotatable bonds is 1. The number of halogens is 1. The molecular weight excluding hydrogens is 314 g/mol. The molecule has 0 bridgehead atoms. The molecule has 21 heavy (non-hydrogen) atoms. The summed E-state index contributed by atoms with van der Waals surface area (Å²) in [6.45, 7) is 0.847. The Bertz CT molecular complexity index is 622. The van der Waals surface area contributed by atoms with Gasteiger partial charge in [0.1, 0.15) is 10.4 Å². The van der Waals surface area contributed by atoms with Crippen LogP contribution in [0.4, 0.5) is 4.79 Å².